The fraction of sp³-hybridized carbons (Fsp3) is 0.130. The Labute approximate surface area is 173 Å². The molecule has 0 unspecified atom stereocenters. The van der Waals surface area contributed by atoms with Crippen LogP contribution in [0.3, 0.4) is 0 Å². The Morgan fingerprint density at radius 1 is 0.967 bits per heavy atom. The van der Waals surface area contributed by atoms with Crippen molar-refractivity contribution in [3.8, 4) is 0 Å². The molecular formula is C23H19FN2O3S. The molecule has 0 saturated carbocycles. The van der Waals surface area contributed by atoms with Crippen LogP contribution in [-0.2, 0) is 16.4 Å². The van der Waals surface area contributed by atoms with E-state index in [1.54, 1.807) is 49.4 Å². The number of halogens is 1. The number of benzene rings is 2. The van der Waals surface area contributed by atoms with Gasteiger partial charge in [0.15, 0.2) is 0 Å². The molecule has 0 aliphatic carbocycles. The Morgan fingerprint density at radius 2 is 1.67 bits per heavy atom. The summed E-state index contributed by atoms with van der Waals surface area (Å²) in [6.45, 7) is 3.66. The Morgan fingerprint density at radius 3 is 2.37 bits per heavy atom. The van der Waals surface area contributed by atoms with Crippen molar-refractivity contribution >= 4 is 20.9 Å². The van der Waals surface area contributed by atoms with Crippen LogP contribution in [-0.4, -0.2) is 18.0 Å². The number of pyridine rings is 2. The number of fused-ring (bicyclic) bond motifs is 1. The number of aromatic nitrogens is 2. The zero-order chi connectivity index (χ0) is 21.5. The molecule has 4 aromatic rings. The average Bonchev–Trinajstić information content (AvgIpc) is 2.71. The fourth-order valence-corrected chi connectivity index (χ4v) is 4.67. The lowest BCUT2D eigenvalue weighted by Crippen LogP contribution is -2.20. The van der Waals surface area contributed by atoms with Gasteiger partial charge in [-0.25, -0.2) is 17.8 Å². The first kappa shape index (κ1) is 20.0. The summed E-state index contributed by atoms with van der Waals surface area (Å²) in [5.74, 6) is -0.417. The van der Waals surface area contributed by atoms with E-state index in [-0.39, 0.29) is 21.7 Å². The fourth-order valence-electron chi connectivity index (χ4n) is 3.30. The highest BCUT2D eigenvalue weighted by atomic mass is 32.2. The molecule has 2 aromatic carbocycles. The maximum atomic E-state index is 14.3. The van der Waals surface area contributed by atoms with E-state index < -0.39 is 21.1 Å². The number of rotatable bonds is 4. The van der Waals surface area contributed by atoms with Crippen LogP contribution >= 0.6 is 0 Å². The third-order valence-corrected chi connectivity index (χ3v) is 6.71. The zero-order valence-corrected chi connectivity index (χ0v) is 17.3. The summed E-state index contributed by atoms with van der Waals surface area (Å²) in [6.07, 6.45) is 1.26. The maximum Gasteiger partial charge on any atom is 0.211 e. The second-order valence-electron chi connectivity index (χ2n) is 7.18. The van der Waals surface area contributed by atoms with Crippen molar-refractivity contribution in [3.05, 3.63) is 99.7 Å². The van der Waals surface area contributed by atoms with Gasteiger partial charge in [0.2, 0.25) is 15.3 Å². The Kier molecular flexibility index (Phi) is 4.99. The molecule has 4 rings (SSSR count). The van der Waals surface area contributed by atoms with E-state index in [4.69, 9.17) is 0 Å². The molecule has 0 radical (unpaired) electrons. The van der Waals surface area contributed by atoms with E-state index in [9.17, 15) is 17.6 Å². The van der Waals surface area contributed by atoms with Crippen molar-refractivity contribution in [3.63, 3.8) is 0 Å². The standard InChI is InChI=1S/C23H19FN2O3S/c1-15-7-10-18(11-8-15)30(28,29)21-14-26(13-17-5-3-4-6-20(17)24)23-19(22(21)27)12-9-16(2)25-23/h3-12,14H,13H2,1-2H3. The number of hydrogen-bond acceptors (Lipinski definition) is 4. The third-order valence-electron chi connectivity index (χ3n) is 4.95. The molecule has 0 bridgehead atoms. The Bertz CT molecular complexity index is 1430. The van der Waals surface area contributed by atoms with E-state index in [1.807, 2.05) is 6.92 Å². The van der Waals surface area contributed by atoms with E-state index >= 15 is 0 Å². The van der Waals surface area contributed by atoms with Gasteiger partial charge >= 0.3 is 0 Å². The SMILES string of the molecule is Cc1ccc(S(=O)(=O)c2cn(Cc3ccccc3F)c3nc(C)ccc3c2=O)cc1. The molecule has 0 saturated heterocycles. The van der Waals surface area contributed by atoms with Gasteiger partial charge < -0.3 is 4.57 Å². The molecular weight excluding hydrogens is 403 g/mol. The lowest BCUT2D eigenvalue weighted by Gasteiger charge is -2.14. The van der Waals surface area contributed by atoms with Gasteiger partial charge in [-0.3, -0.25) is 4.79 Å². The number of hydrogen-bond donors (Lipinski definition) is 0. The van der Waals surface area contributed by atoms with Crippen LogP contribution in [0.4, 0.5) is 4.39 Å². The first-order chi connectivity index (χ1) is 14.3. The van der Waals surface area contributed by atoms with Crippen LogP contribution in [0.15, 0.2) is 81.4 Å². The van der Waals surface area contributed by atoms with Crippen LogP contribution in [0.2, 0.25) is 0 Å². The van der Waals surface area contributed by atoms with Crippen molar-refractivity contribution in [2.24, 2.45) is 0 Å². The summed E-state index contributed by atoms with van der Waals surface area (Å²) in [5, 5.41) is 0.171. The van der Waals surface area contributed by atoms with Crippen molar-refractivity contribution in [2.75, 3.05) is 0 Å². The molecule has 0 spiro atoms. The summed E-state index contributed by atoms with van der Waals surface area (Å²) >= 11 is 0. The zero-order valence-electron chi connectivity index (χ0n) is 16.5. The van der Waals surface area contributed by atoms with Crippen molar-refractivity contribution < 1.29 is 12.8 Å². The van der Waals surface area contributed by atoms with Gasteiger partial charge in [-0.1, -0.05) is 35.9 Å². The molecule has 0 N–H and O–H groups in total. The largest absolute Gasteiger partial charge is 0.326 e. The van der Waals surface area contributed by atoms with Gasteiger partial charge in [-0.15, -0.1) is 0 Å². The molecule has 0 atom stereocenters. The summed E-state index contributed by atoms with van der Waals surface area (Å²) in [6, 6.07) is 15.8. The molecule has 0 aliphatic heterocycles. The van der Waals surface area contributed by atoms with Gasteiger partial charge in [0.1, 0.15) is 16.4 Å². The maximum absolute atomic E-state index is 14.3. The quantitative estimate of drug-likeness (QED) is 0.498. The molecule has 2 heterocycles. The van der Waals surface area contributed by atoms with Crippen LogP contribution < -0.4 is 5.43 Å². The van der Waals surface area contributed by atoms with Crippen LogP contribution in [0.25, 0.3) is 11.0 Å². The normalized spacial score (nSPS) is 11.7. The van der Waals surface area contributed by atoms with Crippen molar-refractivity contribution in [1.29, 1.82) is 0 Å². The summed E-state index contributed by atoms with van der Waals surface area (Å²) in [4.78, 5) is 17.2. The molecule has 30 heavy (non-hydrogen) atoms. The highest BCUT2D eigenvalue weighted by molar-refractivity contribution is 7.91. The van der Waals surface area contributed by atoms with Crippen LogP contribution in [0, 0.1) is 19.7 Å². The Hall–Kier alpha value is -3.32. The predicted octanol–water partition coefficient (Wildman–Crippen LogP) is 4.03. The van der Waals surface area contributed by atoms with Crippen LogP contribution in [0.1, 0.15) is 16.8 Å². The molecule has 0 aliphatic rings. The van der Waals surface area contributed by atoms with E-state index in [1.165, 1.54) is 29.0 Å². The minimum absolute atomic E-state index is 0.0297. The van der Waals surface area contributed by atoms with E-state index in [0.29, 0.717) is 16.9 Å². The summed E-state index contributed by atoms with van der Waals surface area (Å²) in [7, 11) is -4.07. The lowest BCUT2D eigenvalue weighted by atomic mass is 10.2. The summed E-state index contributed by atoms with van der Waals surface area (Å²) < 4.78 is 42.3. The smallest absolute Gasteiger partial charge is 0.211 e. The van der Waals surface area contributed by atoms with Crippen molar-refractivity contribution in [1.82, 2.24) is 9.55 Å². The predicted molar refractivity (Wildman–Crippen MR) is 113 cm³/mol. The molecule has 152 valence electrons. The van der Waals surface area contributed by atoms with Gasteiger partial charge in [0, 0.05) is 17.5 Å². The minimum Gasteiger partial charge on any atom is -0.326 e. The van der Waals surface area contributed by atoms with Gasteiger partial charge in [-0.05, 0) is 44.2 Å². The third kappa shape index (κ3) is 3.52. The minimum atomic E-state index is -4.07. The van der Waals surface area contributed by atoms with Gasteiger partial charge in [-0.2, -0.15) is 0 Å². The lowest BCUT2D eigenvalue weighted by molar-refractivity contribution is 0.591. The van der Waals surface area contributed by atoms with Crippen LogP contribution in [0.5, 0.6) is 0 Å². The molecule has 7 heteroatoms. The van der Waals surface area contributed by atoms with Gasteiger partial charge in [0.25, 0.3) is 0 Å². The first-order valence-electron chi connectivity index (χ1n) is 9.33. The Balaban J connectivity index is 1.99. The summed E-state index contributed by atoms with van der Waals surface area (Å²) in [5.41, 5.74) is 1.63. The first-order valence-corrected chi connectivity index (χ1v) is 10.8. The number of nitrogens with zero attached hydrogens (tertiary/aromatic N) is 2. The molecule has 0 amide bonds. The number of aryl methyl sites for hydroxylation is 2. The monoisotopic (exact) mass is 422 g/mol. The number of sulfone groups is 1. The highest BCUT2D eigenvalue weighted by Crippen LogP contribution is 2.22. The second-order valence-corrected chi connectivity index (χ2v) is 9.10. The average molecular weight is 422 g/mol. The topological polar surface area (TPSA) is 69.0 Å². The molecule has 0 fully saturated rings. The molecule has 2 aromatic heterocycles. The van der Waals surface area contributed by atoms with E-state index in [0.717, 1.165) is 5.56 Å². The highest BCUT2D eigenvalue weighted by Gasteiger charge is 2.24. The second kappa shape index (κ2) is 7.50. The van der Waals surface area contributed by atoms with Gasteiger partial charge in [0.05, 0.1) is 16.8 Å². The van der Waals surface area contributed by atoms with E-state index in [2.05, 4.69) is 4.98 Å². The van der Waals surface area contributed by atoms with Crippen molar-refractivity contribution in [2.45, 2.75) is 30.2 Å². The molecule has 5 nitrogen and oxygen atoms in total.